The van der Waals surface area contributed by atoms with E-state index in [1.54, 1.807) is 0 Å². The Morgan fingerprint density at radius 2 is 2.19 bits per heavy atom. The van der Waals surface area contributed by atoms with Crippen LogP contribution in [0, 0.1) is 5.92 Å². The standard InChI is InChI=1S/C18H21N3O5/c22-13-6-12(7-13)17(11-1-2-14-10(5-11)3-4-26-14)19-15(23)8-21-9-16(24)20-18(21)25/h1-2,5,12-13,17,22H,3-4,6-9H2,(H,19,23)(H,20,24,25)/t12?,13?,17-/m1/s1. The van der Waals surface area contributed by atoms with Gasteiger partial charge in [-0.1, -0.05) is 6.07 Å². The summed E-state index contributed by atoms with van der Waals surface area (Å²) in [7, 11) is 0. The van der Waals surface area contributed by atoms with Gasteiger partial charge in [0, 0.05) is 6.42 Å². The Labute approximate surface area is 150 Å². The van der Waals surface area contributed by atoms with E-state index in [4.69, 9.17) is 4.74 Å². The number of fused-ring (bicyclic) bond motifs is 1. The number of urea groups is 1. The first-order valence-electron chi connectivity index (χ1n) is 8.81. The van der Waals surface area contributed by atoms with Gasteiger partial charge in [0.15, 0.2) is 0 Å². The van der Waals surface area contributed by atoms with Crippen LogP contribution in [-0.2, 0) is 16.0 Å². The molecule has 0 spiro atoms. The Morgan fingerprint density at radius 1 is 1.38 bits per heavy atom. The van der Waals surface area contributed by atoms with Gasteiger partial charge in [0.05, 0.1) is 18.8 Å². The number of nitrogens with one attached hydrogen (secondary N) is 2. The van der Waals surface area contributed by atoms with Crippen molar-refractivity contribution in [1.29, 1.82) is 0 Å². The highest BCUT2D eigenvalue weighted by atomic mass is 16.5. The van der Waals surface area contributed by atoms with Crippen LogP contribution in [0.4, 0.5) is 4.79 Å². The molecule has 1 saturated heterocycles. The first kappa shape index (κ1) is 16.8. The van der Waals surface area contributed by atoms with E-state index in [-0.39, 0.29) is 37.1 Å². The highest BCUT2D eigenvalue weighted by Crippen LogP contribution is 2.39. The smallest absolute Gasteiger partial charge is 0.325 e. The van der Waals surface area contributed by atoms with E-state index in [1.807, 2.05) is 18.2 Å². The van der Waals surface area contributed by atoms with Crippen LogP contribution in [0.1, 0.15) is 30.0 Å². The zero-order chi connectivity index (χ0) is 18.3. The molecule has 0 unspecified atom stereocenters. The number of rotatable bonds is 5. The molecule has 2 heterocycles. The first-order valence-corrected chi connectivity index (χ1v) is 8.81. The summed E-state index contributed by atoms with van der Waals surface area (Å²) in [5.74, 6) is 0.293. The van der Waals surface area contributed by atoms with Crippen LogP contribution >= 0.6 is 0 Å². The van der Waals surface area contributed by atoms with Gasteiger partial charge in [-0.05, 0) is 42.0 Å². The number of nitrogens with zero attached hydrogens (tertiary/aromatic N) is 1. The number of carbonyl (C=O) groups excluding carboxylic acids is 3. The fraction of sp³-hybridized carbons (Fsp3) is 0.500. The Morgan fingerprint density at radius 3 is 2.88 bits per heavy atom. The number of ether oxygens (including phenoxy) is 1. The maximum atomic E-state index is 12.5. The average Bonchev–Trinajstić information content (AvgIpc) is 3.15. The number of amides is 4. The number of aliphatic hydroxyl groups is 1. The molecule has 1 aromatic rings. The molecule has 4 amide bonds. The zero-order valence-electron chi connectivity index (χ0n) is 14.2. The van der Waals surface area contributed by atoms with Crippen molar-refractivity contribution >= 4 is 17.8 Å². The third kappa shape index (κ3) is 3.24. The number of hydrogen-bond acceptors (Lipinski definition) is 5. The highest BCUT2D eigenvalue weighted by Gasteiger charge is 2.37. The number of imide groups is 1. The predicted octanol–water partition coefficient (Wildman–Crippen LogP) is 0.102. The quantitative estimate of drug-likeness (QED) is 0.647. The molecule has 138 valence electrons. The van der Waals surface area contributed by atoms with E-state index in [0.717, 1.165) is 23.3 Å². The van der Waals surface area contributed by atoms with E-state index in [1.165, 1.54) is 4.90 Å². The summed E-state index contributed by atoms with van der Waals surface area (Å²) < 4.78 is 5.53. The first-order chi connectivity index (χ1) is 12.5. The van der Waals surface area contributed by atoms with Crippen molar-refractivity contribution in [2.45, 2.75) is 31.4 Å². The van der Waals surface area contributed by atoms with E-state index >= 15 is 0 Å². The number of benzene rings is 1. The van der Waals surface area contributed by atoms with Crippen LogP contribution in [-0.4, -0.2) is 53.7 Å². The molecule has 26 heavy (non-hydrogen) atoms. The van der Waals surface area contributed by atoms with Crippen molar-refractivity contribution in [2.24, 2.45) is 5.92 Å². The summed E-state index contributed by atoms with van der Waals surface area (Å²) in [6.07, 6.45) is 1.76. The van der Waals surface area contributed by atoms with Gasteiger partial charge < -0.3 is 20.1 Å². The molecule has 1 saturated carbocycles. The highest BCUT2D eigenvalue weighted by molar-refractivity contribution is 6.03. The fourth-order valence-electron chi connectivity index (χ4n) is 3.78. The molecule has 1 atom stereocenters. The van der Waals surface area contributed by atoms with Gasteiger partial charge in [-0.15, -0.1) is 0 Å². The van der Waals surface area contributed by atoms with Crippen LogP contribution in [0.15, 0.2) is 18.2 Å². The summed E-state index contributed by atoms with van der Waals surface area (Å²) in [5.41, 5.74) is 2.09. The second-order valence-corrected chi connectivity index (χ2v) is 7.11. The van der Waals surface area contributed by atoms with Gasteiger partial charge in [-0.25, -0.2) is 4.79 Å². The molecule has 1 aliphatic carbocycles. The maximum absolute atomic E-state index is 12.5. The lowest BCUT2D eigenvalue weighted by molar-refractivity contribution is -0.123. The summed E-state index contributed by atoms with van der Waals surface area (Å²) in [4.78, 5) is 36.5. The molecule has 0 aromatic heterocycles. The molecule has 3 N–H and O–H groups in total. The van der Waals surface area contributed by atoms with Crippen LogP contribution in [0.5, 0.6) is 5.75 Å². The minimum atomic E-state index is -0.546. The van der Waals surface area contributed by atoms with E-state index in [2.05, 4.69) is 10.6 Å². The van der Waals surface area contributed by atoms with Crippen LogP contribution in [0.3, 0.4) is 0 Å². The van der Waals surface area contributed by atoms with Gasteiger partial charge >= 0.3 is 6.03 Å². The fourth-order valence-corrected chi connectivity index (χ4v) is 3.78. The van der Waals surface area contributed by atoms with Crippen molar-refractivity contribution in [3.8, 4) is 5.75 Å². The summed E-state index contributed by atoms with van der Waals surface area (Å²) in [5, 5.41) is 14.8. The lowest BCUT2D eigenvalue weighted by atomic mass is 9.75. The van der Waals surface area contributed by atoms with Gasteiger partial charge in [-0.2, -0.15) is 0 Å². The number of carbonyl (C=O) groups is 3. The van der Waals surface area contributed by atoms with Crippen molar-refractivity contribution in [3.05, 3.63) is 29.3 Å². The maximum Gasteiger partial charge on any atom is 0.325 e. The second-order valence-electron chi connectivity index (χ2n) is 7.11. The molecule has 3 aliphatic rings. The Hall–Kier alpha value is -2.61. The molecule has 8 nitrogen and oxygen atoms in total. The Balaban J connectivity index is 1.48. The largest absolute Gasteiger partial charge is 0.493 e. The molecule has 2 fully saturated rings. The van der Waals surface area contributed by atoms with Crippen LogP contribution in [0.2, 0.25) is 0 Å². The summed E-state index contributed by atoms with van der Waals surface area (Å²) in [6.45, 7) is 0.392. The normalized spacial score (nSPS) is 25.2. The van der Waals surface area contributed by atoms with Gasteiger partial charge in [-0.3, -0.25) is 14.9 Å². The Kier molecular flexibility index (Phi) is 4.28. The lowest BCUT2D eigenvalue weighted by Gasteiger charge is -2.38. The SMILES string of the molecule is O=C1CN(CC(=O)N[C@H](c2ccc3c(c2)CCO3)C2CC(O)C2)C(=O)N1. The van der Waals surface area contributed by atoms with Crippen molar-refractivity contribution in [3.63, 3.8) is 0 Å². The molecule has 0 bridgehead atoms. The van der Waals surface area contributed by atoms with Crippen molar-refractivity contribution < 1.29 is 24.2 Å². The van der Waals surface area contributed by atoms with Crippen molar-refractivity contribution in [2.75, 3.05) is 19.7 Å². The molecular weight excluding hydrogens is 338 g/mol. The molecule has 1 aromatic carbocycles. The Bertz CT molecular complexity index is 759. The molecule has 0 radical (unpaired) electrons. The van der Waals surface area contributed by atoms with Crippen LogP contribution < -0.4 is 15.4 Å². The minimum absolute atomic E-state index is 0.102. The van der Waals surface area contributed by atoms with E-state index in [0.29, 0.717) is 19.4 Å². The molecule has 2 aliphatic heterocycles. The van der Waals surface area contributed by atoms with Gasteiger partial charge in [0.1, 0.15) is 18.8 Å². The number of aliphatic hydroxyl groups excluding tert-OH is 1. The second kappa shape index (κ2) is 6.60. The average molecular weight is 359 g/mol. The molecular formula is C18H21N3O5. The zero-order valence-corrected chi connectivity index (χ0v) is 14.2. The summed E-state index contributed by atoms with van der Waals surface area (Å²) in [6, 6.07) is 5.11. The molecule has 8 heteroatoms. The topological polar surface area (TPSA) is 108 Å². The summed E-state index contributed by atoms with van der Waals surface area (Å²) >= 11 is 0. The predicted molar refractivity (Wildman–Crippen MR) is 90.4 cm³/mol. The molecule has 4 rings (SSSR count). The van der Waals surface area contributed by atoms with Gasteiger partial charge in [0.25, 0.3) is 0 Å². The number of hydrogen-bond donors (Lipinski definition) is 3. The minimum Gasteiger partial charge on any atom is -0.493 e. The van der Waals surface area contributed by atoms with Crippen LogP contribution in [0.25, 0.3) is 0 Å². The monoisotopic (exact) mass is 359 g/mol. The third-order valence-corrected chi connectivity index (χ3v) is 5.21. The lowest BCUT2D eigenvalue weighted by Crippen LogP contribution is -2.45. The van der Waals surface area contributed by atoms with E-state index in [9.17, 15) is 19.5 Å². The van der Waals surface area contributed by atoms with E-state index < -0.39 is 11.9 Å². The van der Waals surface area contributed by atoms with Gasteiger partial charge in [0.2, 0.25) is 11.8 Å². The van der Waals surface area contributed by atoms with Crippen molar-refractivity contribution in [1.82, 2.24) is 15.5 Å². The third-order valence-electron chi connectivity index (χ3n) is 5.21.